The van der Waals surface area contributed by atoms with E-state index < -0.39 is 63.1 Å². The van der Waals surface area contributed by atoms with Crippen molar-refractivity contribution in [3.8, 4) is 11.1 Å². The molecule has 0 heterocycles. The predicted molar refractivity (Wildman–Crippen MR) is 99.5 cm³/mol. The van der Waals surface area contributed by atoms with E-state index in [9.17, 15) is 47.6 Å². The molecule has 0 aromatic heterocycles. The summed E-state index contributed by atoms with van der Waals surface area (Å²) in [6.07, 6.45) is -11.6. The molecule has 2 aromatic carbocycles. The van der Waals surface area contributed by atoms with Gasteiger partial charge in [0.15, 0.2) is 19.7 Å². The first kappa shape index (κ1) is 25.6. The Balaban J connectivity index is 2.98. The molecule has 0 saturated carbocycles. The minimum atomic E-state index is -6.46. The lowest BCUT2D eigenvalue weighted by molar-refractivity contribution is -0.348. The van der Waals surface area contributed by atoms with E-state index in [1.165, 1.54) is 6.07 Å². The van der Waals surface area contributed by atoms with Gasteiger partial charge in [0, 0.05) is 34.2 Å². The average molecular weight is 556 g/mol. The predicted octanol–water partition coefficient (Wildman–Crippen LogP) is 5.01. The summed E-state index contributed by atoms with van der Waals surface area (Å²) in [5, 5.41) is 0. The molecule has 4 nitrogen and oxygen atoms in total. The number of hydrogen-bond acceptors (Lipinski definition) is 4. The first-order chi connectivity index (χ1) is 13.7. The topological polar surface area (TPSA) is 68.3 Å². The monoisotopic (exact) mass is 555 g/mol. The first-order valence-electron chi connectivity index (χ1n) is 7.80. The number of benzene rings is 2. The van der Waals surface area contributed by atoms with E-state index in [1.54, 1.807) is 0 Å². The van der Waals surface area contributed by atoms with Gasteiger partial charge in [0.05, 0.1) is 9.79 Å². The highest BCUT2D eigenvalue weighted by molar-refractivity contribution is 9.10. The lowest BCUT2D eigenvalue weighted by atomic mass is 9.92. The van der Waals surface area contributed by atoms with Crippen LogP contribution in [-0.4, -0.2) is 41.7 Å². The summed E-state index contributed by atoms with van der Waals surface area (Å²) in [5.74, 6) is 0. The average Bonchev–Trinajstić information content (AvgIpc) is 2.56. The van der Waals surface area contributed by atoms with Crippen molar-refractivity contribution in [2.45, 2.75) is 27.8 Å². The van der Waals surface area contributed by atoms with E-state index in [0.29, 0.717) is 6.26 Å². The van der Waals surface area contributed by atoms with Gasteiger partial charge < -0.3 is 0 Å². The van der Waals surface area contributed by atoms with Crippen LogP contribution in [0.5, 0.6) is 0 Å². The van der Waals surface area contributed by atoms with Crippen molar-refractivity contribution in [1.82, 2.24) is 0 Å². The standard InChI is InChI=1S/C17H11BrF7O4S2/c1-30(26,27)11-5-3-4-9(6-11)14-12(18)7-10(8-13(14)31(2,28)29)15(19,16(20,21)22)17(23,24)25/h3-5,7-8H,1-2H3. The maximum absolute atomic E-state index is 14.5. The summed E-state index contributed by atoms with van der Waals surface area (Å²) in [6, 6.07) is 5.83. The molecule has 0 atom stereocenters. The molecule has 0 N–H and O–H groups in total. The van der Waals surface area contributed by atoms with E-state index in [4.69, 9.17) is 0 Å². The molecule has 2 rings (SSSR count). The highest BCUT2D eigenvalue weighted by Crippen LogP contribution is 2.54. The van der Waals surface area contributed by atoms with Crippen molar-refractivity contribution in [1.29, 1.82) is 0 Å². The molecule has 171 valence electrons. The number of alkyl halides is 7. The maximum atomic E-state index is 14.5. The summed E-state index contributed by atoms with van der Waals surface area (Å²) < 4.78 is 140. The molecule has 2 aromatic rings. The molecule has 0 fully saturated rings. The number of rotatable bonds is 4. The van der Waals surface area contributed by atoms with Crippen molar-refractivity contribution in [3.05, 3.63) is 46.4 Å². The third-order valence-electron chi connectivity index (χ3n) is 4.07. The minimum Gasteiger partial charge on any atom is -0.224 e. The van der Waals surface area contributed by atoms with E-state index in [0.717, 1.165) is 18.4 Å². The highest BCUT2D eigenvalue weighted by Gasteiger charge is 2.73. The van der Waals surface area contributed by atoms with Gasteiger partial charge in [-0.05, 0) is 23.8 Å². The fourth-order valence-electron chi connectivity index (χ4n) is 2.63. The van der Waals surface area contributed by atoms with Crippen LogP contribution in [0.3, 0.4) is 0 Å². The van der Waals surface area contributed by atoms with Crippen molar-refractivity contribution >= 4 is 35.6 Å². The summed E-state index contributed by atoms with van der Waals surface area (Å²) in [7, 11) is -8.37. The highest BCUT2D eigenvalue weighted by atomic mass is 79.9. The molecular formula is C17H11BrF7O4S2. The Hall–Kier alpha value is -1.67. The van der Waals surface area contributed by atoms with Gasteiger partial charge in [0.2, 0.25) is 0 Å². The van der Waals surface area contributed by atoms with Gasteiger partial charge in [0.25, 0.3) is 0 Å². The van der Waals surface area contributed by atoms with E-state index in [2.05, 4.69) is 22.0 Å². The van der Waals surface area contributed by atoms with Crippen LogP contribution in [0.2, 0.25) is 0 Å². The molecule has 0 amide bonds. The second kappa shape index (κ2) is 7.73. The van der Waals surface area contributed by atoms with Gasteiger partial charge in [-0.25, -0.2) is 21.2 Å². The molecule has 0 spiro atoms. The molecular weight excluding hydrogens is 545 g/mol. The SMILES string of the molecule is CS(=O)(=O)c1[c]c(-c2c(Br)cc(C(F)(C(F)(F)F)C(F)(F)F)cc2S(C)(=O)=O)ccc1. The van der Waals surface area contributed by atoms with Crippen LogP contribution in [0, 0.1) is 6.07 Å². The molecule has 0 unspecified atom stereocenters. The van der Waals surface area contributed by atoms with Crippen LogP contribution in [-0.2, 0) is 25.3 Å². The Morgan fingerprint density at radius 2 is 1.35 bits per heavy atom. The van der Waals surface area contributed by atoms with Crippen LogP contribution in [0.25, 0.3) is 11.1 Å². The Bertz CT molecular complexity index is 1220. The van der Waals surface area contributed by atoms with Crippen molar-refractivity contribution in [2.75, 3.05) is 12.5 Å². The third-order valence-corrected chi connectivity index (χ3v) is 6.85. The Labute approximate surface area is 181 Å². The molecule has 14 heteroatoms. The van der Waals surface area contributed by atoms with Crippen LogP contribution >= 0.6 is 15.9 Å². The Morgan fingerprint density at radius 3 is 1.77 bits per heavy atom. The van der Waals surface area contributed by atoms with Gasteiger partial charge >= 0.3 is 18.0 Å². The van der Waals surface area contributed by atoms with Crippen LogP contribution in [0.4, 0.5) is 30.7 Å². The number of sulfone groups is 2. The summed E-state index contributed by atoms with van der Waals surface area (Å²) in [4.78, 5) is -1.50. The van der Waals surface area contributed by atoms with E-state index in [1.807, 2.05) is 0 Å². The fourth-order valence-corrected chi connectivity index (χ4v) is 4.99. The van der Waals surface area contributed by atoms with E-state index >= 15 is 0 Å². The normalized spacial score (nSPS) is 14.0. The minimum absolute atomic E-state index is 0.0721. The zero-order valence-electron chi connectivity index (χ0n) is 15.4. The lowest BCUT2D eigenvalue weighted by Crippen LogP contribution is -2.50. The van der Waals surface area contributed by atoms with Crippen LogP contribution in [0.15, 0.2) is 44.6 Å². The second-order valence-corrected chi connectivity index (χ2v) is 11.3. The van der Waals surface area contributed by atoms with Gasteiger partial charge in [-0.3, -0.25) is 0 Å². The molecule has 1 radical (unpaired) electrons. The van der Waals surface area contributed by atoms with Crippen molar-refractivity contribution in [2.24, 2.45) is 0 Å². The molecule has 0 aliphatic heterocycles. The lowest BCUT2D eigenvalue weighted by Gasteiger charge is -2.31. The zero-order chi connectivity index (χ0) is 24.2. The number of halogens is 8. The quantitative estimate of drug-likeness (QED) is 0.497. The Morgan fingerprint density at radius 1 is 0.839 bits per heavy atom. The Kier molecular flexibility index (Phi) is 6.38. The number of hydrogen-bond donors (Lipinski definition) is 0. The zero-order valence-corrected chi connectivity index (χ0v) is 18.6. The first-order valence-corrected chi connectivity index (χ1v) is 12.4. The summed E-state index contributed by atoms with van der Waals surface area (Å²) in [5.41, 5.74) is -8.63. The molecule has 0 bridgehead atoms. The molecule has 0 aliphatic carbocycles. The maximum Gasteiger partial charge on any atom is 0.435 e. The van der Waals surface area contributed by atoms with Gasteiger partial charge in [-0.1, -0.05) is 28.1 Å². The smallest absolute Gasteiger partial charge is 0.224 e. The summed E-state index contributed by atoms with van der Waals surface area (Å²) >= 11 is 2.69. The fraction of sp³-hybridized carbons (Fsp3) is 0.294. The second-order valence-electron chi connectivity index (χ2n) is 6.46. The van der Waals surface area contributed by atoms with Crippen molar-refractivity contribution in [3.63, 3.8) is 0 Å². The largest absolute Gasteiger partial charge is 0.435 e. The summed E-state index contributed by atoms with van der Waals surface area (Å²) in [6.45, 7) is 0. The third kappa shape index (κ3) is 4.75. The molecule has 0 saturated heterocycles. The molecule has 31 heavy (non-hydrogen) atoms. The van der Waals surface area contributed by atoms with Crippen LogP contribution < -0.4 is 0 Å². The van der Waals surface area contributed by atoms with Crippen LogP contribution in [0.1, 0.15) is 5.56 Å². The van der Waals surface area contributed by atoms with Crippen molar-refractivity contribution < 1.29 is 47.6 Å². The van der Waals surface area contributed by atoms with Gasteiger partial charge in [-0.2, -0.15) is 26.3 Å². The van der Waals surface area contributed by atoms with Gasteiger partial charge in [-0.15, -0.1) is 0 Å². The van der Waals surface area contributed by atoms with E-state index in [-0.39, 0.29) is 17.7 Å². The van der Waals surface area contributed by atoms with Gasteiger partial charge in [0.1, 0.15) is 0 Å². The molecule has 0 aliphatic rings.